The maximum atomic E-state index is 15.7. The largest absolute Gasteiger partial charge is 0.530 e. The zero-order valence-electron chi connectivity index (χ0n) is 23.3. The summed E-state index contributed by atoms with van der Waals surface area (Å²) >= 11 is 0. The predicted molar refractivity (Wildman–Crippen MR) is 133 cm³/mol. The van der Waals surface area contributed by atoms with Crippen LogP contribution in [0.4, 0.5) is 8.78 Å². The lowest BCUT2D eigenvalue weighted by atomic mass is 9.78. The van der Waals surface area contributed by atoms with Crippen LogP contribution in [0.2, 0.25) is 0 Å². The first-order chi connectivity index (χ1) is 17.7. The number of nitrogens with zero attached hydrogens (tertiary/aromatic N) is 1. The molecule has 1 unspecified atom stereocenters. The summed E-state index contributed by atoms with van der Waals surface area (Å²) in [5.74, 6) is -3.49. The number of nitrogens with one attached hydrogen (secondary N) is 1. The van der Waals surface area contributed by atoms with E-state index in [4.69, 9.17) is 19.7 Å². The number of benzene rings is 1. The number of rotatable bonds is 4. The Labute approximate surface area is 219 Å². The molecule has 1 aromatic carbocycles. The number of H-pyrrole nitrogens is 1. The smallest absolute Gasteiger partial charge is 0.403 e. The van der Waals surface area contributed by atoms with Crippen molar-refractivity contribution in [2.75, 3.05) is 6.61 Å². The molecular weight excluding hydrogens is 525 g/mol. The number of phosphoric acid groups is 1. The molecule has 1 fully saturated rings. The molecule has 13 heteroatoms. The summed E-state index contributed by atoms with van der Waals surface area (Å²) < 4.78 is 74.8. The van der Waals surface area contributed by atoms with E-state index in [1.807, 2.05) is 46.5 Å². The standard InChI is InChI=1S/C25H33F2N2O8P/c1-13-10-29(22(32)28-20(13)31)21-17(30)9-25(27,36-21)12-35-38(33)34-11-14-18(26)15(23(2,3)4)8-16(19(14)37-38)24(5,6)7/h8,10,17,21,30H,9,11-12H2,1-7H3,(H,28,31,32)/t17-,21-,25+,38?/m1/s1/i21D. The lowest BCUT2D eigenvalue weighted by Crippen LogP contribution is -2.37. The number of aryl methyl sites for hydroxylation is 1. The van der Waals surface area contributed by atoms with Crippen molar-refractivity contribution in [1.29, 1.82) is 0 Å². The van der Waals surface area contributed by atoms with Crippen molar-refractivity contribution in [3.63, 3.8) is 0 Å². The van der Waals surface area contributed by atoms with Crippen LogP contribution in [0, 0.1) is 12.7 Å². The van der Waals surface area contributed by atoms with E-state index in [0.29, 0.717) is 15.7 Å². The predicted octanol–water partition coefficient (Wildman–Crippen LogP) is 4.26. The SMILES string of the molecule is [2H][C@@]1(n2cc(C)c(=O)[nH]c2=O)O[C@](F)(COP2(=O)OCc3c(F)c(C(C)(C)C)cc(C(C)(C)C)c3O2)C[C@H]1O. The van der Waals surface area contributed by atoms with E-state index in [1.165, 1.54) is 6.92 Å². The fourth-order valence-electron chi connectivity index (χ4n) is 4.26. The molecule has 2 aliphatic heterocycles. The summed E-state index contributed by atoms with van der Waals surface area (Å²) in [6.45, 7) is 11.0. The Morgan fingerprint density at radius 2 is 1.89 bits per heavy atom. The Morgan fingerprint density at radius 3 is 2.50 bits per heavy atom. The molecule has 2 N–H and O–H groups in total. The van der Waals surface area contributed by atoms with Crippen molar-refractivity contribution in [2.24, 2.45) is 0 Å². The summed E-state index contributed by atoms with van der Waals surface area (Å²) in [6, 6.07) is 1.65. The molecule has 38 heavy (non-hydrogen) atoms. The first-order valence-corrected chi connectivity index (χ1v) is 13.5. The van der Waals surface area contributed by atoms with Gasteiger partial charge in [-0.2, -0.15) is 0 Å². The molecule has 1 saturated heterocycles. The van der Waals surface area contributed by atoms with Crippen LogP contribution >= 0.6 is 7.82 Å². The Morgan fingerprint density at radius 1 is 1.26 bits per heavy atom. The van der Waals surface area contributed by atoms with E-state index in [2.05, 4.69) is 0 Å². The first kappa shape index (κ1) is 27.2. The number of hydrogen-bond acceptors (Lipinski definition) is 8. The van der Waals surface area contributed by atoms with Gasteiger partial charge in [0.1, 0.15) is 24.3 Å². The van der Waals surface area contributed by atoms with Gasteiger partial charge in [-0.25, -0.2) is 18.1 Å². The highest BCUT2D eigenvalue weighted by Gasteiger charge is 2.51. The number of ether oxygens (including phenoxy) is 1. The number of aromatic nitrogens is 2. The van der Waals surface area contributed by atoms with Crippen molar-refractivity contribution < 1.29 is 38.1 Å². The number of aromatic amines is 1. The van der Waals surface area contributed by atoms with Gasteiger partial charge >= 0.3 is 13.5 Å². The van der Waals surface area contributed by atoms with Gasteiger partial charge in [-0.1, -0.05) is 41.5 Å². The molecule has 2 aromatic rings. The van der Waals surface area contributed by atoms with Crippen LogP contribution in [0.3, 0.4) is 0 Å². The van der Waals surface area contributed by atoms with E-state index in [-0.39, 0.29) is 16.9 Å². The highest BCUT2D eigenvalue weighted by atomic mass is 31.2. The fraction of sp³-hybridized carbons (Fsp3) is 0.600. The molecule has 4 atom stereocenters. The van der Waals surface area contributed by atoms with Gasteiger partial charge in [0.15, 0.2) is 6.20 Å². The van der Waals surface area contributed by atoms with Gasteiger partial charge in [-0.15, -0.1) is 0 Å². The number of aliphatic hydroxyl groups is 1. The monoisotopic (exact) mass is 559 g/mol. The van der Waals surface area contributed by atoms with Crippen LogP contribution < -0.4 is 15.8 Å². The summed E-state index contributed by atoms with van der Waals surface area (Å²) in [7, 11) is -4.52. The quantitative estimate of drug-likeness (QED) is 0.532. The first-order valence-electron chi connectivity index (χ1n) is 12.5. The number of phosphoric ester groups is 1. The molecule has 210 valence electrons. The summed E-state index contributed by atoms with van der Waals surface area (Å²) in [5, 5.41) is 10.5. The Balaban J connectivity index is 1.61. The number of halogens is 2. The molecule has 0 bridgehead atoms. The van der Waals surface area contributed by atoms with Crippen molar-refractivity contribution in [3.05, 3.63) is 61.2 Å². The van der Waals surface area contributed by atoms with Gasteiger partial charge in [-0.05, 0) is 29.4 Å². The maximum Gasteiger partial charge on any atom is 0.530 e. The second-order valence-corrected chi connectivity index (χ2v) is 13.3. The second kappa shape index (κ2) is 9.38. The molecular formula is C25H33F2N2O8P. The molecule has 2 aliphatic rings. The van der Waals surface area contributed by atoms with Crippen LogP contribution in [0.5, 0.6) is 5.75 Å². The molecule has 0 amide bonds. The number of alkyl halides is 1. The van der Waals surface area contributed by atoms with Gasteiger partial charge in [0.05, 0.1) is 13.5 Å². The lowest BCUT2D eigenvalue weighted by Gasteiger charge is -2.34. The van der Waals surface area contributed by atoms with Gasteiger partial charge < -0.3 is 14.4 Å². The minimum atomic E-state index is -4.52. The van der Waals surface area contributed by atoms with Crippen LogP contribution in [-0.2, 0) is 35.8 Å². The molecule has 0 spiro atoms. The number of aliphatic hydroxyl groups excluding tert-OH is 1. The Bertz CT molecular complexity index is 1480. The van der Waals surface area contributed by atoms with E-state index in [9.17, 15) is 19.3 Å². The van der Waals surface area contributed by atoms with Crippen LogP contribution in [0.15, 0.2) is 21.9 Å². The van der Waals surface area contributed by atoms with Crippen molar-refractivity contribution in [1.82, 2.24) is 9.55 Å². The second-order valence-electron chi connectivity index (χ2n) is 11.7. The molecule has 10 nitrogen and oxygen atoms in total. The molecule has 1 aromatic heterocycles. The van der Waals surface area contributed by atoms with Gasteiger partial charge in [0.2, 0.25) is 5.85 Å². The maximum absolute atomic E-state index is 15.7. The zero-order chi connectivity index (χ0) is 29.3. The zero-order valence-corrected chi connectivity index (χ0v) is 23.2. The van der Waals surface area contributed by atoms with E-state index < -0.39 is 73.5 Å². The Kier molecular flexibility index (Phi) is 6.71. The van der Waals surface area contributed by atoms with Crippen LogP contribution in [0.25, 0.3) is 0 Å². The van der Waals surface area contributed by atoms with Gasteiger partial charge in [-0.3, -0.25) is 23.4 Å². The summed E-state index contributed by atoms with van der Waals surface area (Å²) in [6.07, 6.45) is -4.41. The van der Waals surface area contributed by atoms with Gasteiger partial charge in [0.25, 0.3) is 5.56 Å². The Hall–Kier alpha value is -2.37. The third-order valence-corrected chi connectivity index (χ3v) is 7.66. The van der Waals surface area contributed by atoms with E-state index in [0.717, 1.165) is 6.20 Å². The number of fused-ring (bicyclic) bond motifs is 1. The molecule has 4 rings (SSSR count). The summed E-state index contributed by atoms with van der Waals surface area (Å²) in [5.41, 5.74) is -1.87. The summed E-state index contributed by atoms with van der Waals surface area (Å²) in [4.78, 5) is 25.9. The van der Waals surface area contributed by atoms with Crippen molar-refractivity contribution in [3.8, 4) is 5.75 Å². The third kappa shape index (κ3) is 5.37. The van der Waals surface area contributed by atoms with E-state index in [1.54, 1.807) is 6.07 Å². The van der Waals surface area contributed by atoms with Crippen LogP contribution in [0.1, 0.15) is 77.8 Å². The minimum absolute atomic E-state index is 0.0204. The minimum Gasteiger partial charge on any atom is -0.403 e. The van der Waals surface area contributed by atoms with Crippen molar-refractivity contribution in [2.45, 2.75) is 90.5 Å². The fourth-order valence-corrected chi connectivity index (χ4v) is 5.51. The van der Waals surface area contributed by atoms with Crippen LogP contribution in [-0.4, -0.2) is 33.2 Å². The van der Waals surface area contributed by atoms with Gasteiger partial charge in [0, 0.05) is 23.7 Å². The average Bonchev–Trinajstić information content (AvgIpc) is 3.02. The molecule has 3 heterocycles. The third-order valence-electron chi connectivity index (χ3n) is 6.36. The molecule has 0 saturated carbocycles. The van der Waals surface area contributed by atoms with E-state index >= 15 is 8.78 Å². The van der Waals surface area contributed by atoms with Crippen molar-refractivity contribution >= 4 is 7.82 Å². The number of hydrogen-bond donors (Lipinski definition) is 2. The molecule has 0 aliphatic carbocycles. The normalized spacial score (nSPS) is 30.1. The molecule has 0 radical (unpaired) electrons. The lowest BCUT2D eigenvalue weighted by molar-refractivity contribution is -0.179. The highest BCUT2D eigenvalue weighted by molar-refractivity contribution is 7.49. The topological polar surface area (TPSA) is 129 Å². The highest BCUT2D eigenvalue weighted by Crippen LogP contribution is 2.58. The average molecular weight is 560 g/mol.